The van der Waals surface area contributed by atoms with Crippen LogP contribution in [0, 0.1) is 0 Å². The second-order valence-electron chi connectivity index (χ2n) is 9.53. The smallest absolute Gasteiger partial charge is 0.425 e. The number of fused-ring (bicyclic) bond motifs is 1. The van der Waals surface area contributed by atoms with Crippen molar-refractivity contribution in [3.63, 3.8) is 0 Å². The number of methoxy groups -OCH3 is 1. The summed E-state index contributed by atoms with van der Waals surface area (Å²) in [6, 6.07) is -3.83. The fourth-order valence-corrected chi connectivity index (χ4v) is 4.56. The first-order valence-corrected chi connectivity index (χ1v) is 13.4. The summed E-state index contributed by atoms with van der Waals surface area (Å²) < 4.78 is 9.71. The minimum Gasteiger partial charge on any atom is -0.481 e. The number of allylic oxidation sites excluding steroid dienone is 7. The van der Waals surface area contributed by atoms with Gasteiger partial charge in [-0.15, -0.1) is 0 Å². The van der Waals surface area contributed by atoms with Crippen LogP contribution in [0.5, 0.6) is 0 Å². The van der Waals surface area contributed by atoms with Crippen LogP contribution >= 0.6 is 0 Å². The van der Waals surface area contributed by atoms with Crippen LogP contribution in [0.3, 0.4) is 0 Å². The zero-order valence-corrected chi connectivity index (χ0v) is 23.5. The molecule has 2 atom stereocenters. The number of ketones is 1. The van der Waals surface area contributed by atoms with Crippen molar-refractivity contribution >= 4 is 41.7 Å². The van der Waals surface area contributed by atoms with Gasteiger partial charge in [-0.05, 0) is 30.9 Å². The van der Waals surface area contributed by atoms with E-state index in [9.17, 15) is 38.7 Å². The van der Waals surface area contributed by atoms with Gasteiger partial charge in [-0.3, -0.25) is 19.2 Å². The van der Waals surface area contributed by atoms with Crippen LogP contribution in [0.25, 0.3) is 0 Å². The van der Waals surface area contributed by atoms with Crippen molar-refractivity contribution in [3.8, 4) is 0 Å². The number of carboxylic acid groups (broad SMARTS) is 1. The lowest BCUT2D eigenvalue weighted by atomic mass is 10.0. The molecule has 3 rings (SSSR count). The molecular formula is C28H33N5O10. The Morgan fingerprint density at radius 1 is 1.19 bits per heavy atom. The van der Waals surface area contributed by atoms with Gasteiger partial charge < -0.3 is 19.9 Å². The van der Waals surface area contributed by atoms with E-state index < -0.39 is 66.8 Å². The summed E-state index contributed by atoms with van der Waals surface area (Å²) in [6.07, 6.45) is 10.4. The fourth-order valence-electron chi connectivity index (χ4n) is 4.56. The maximum Gasteiger partial charge on any atom is 0.425 e. The second-order valence-corrected chi connectivity index (χ2v) is 9.53. The molecule has 43 heavy (non-hydrogen) atoms. The summed E-state index contributed by atoms with van der Waals surface area (Å²) in [4.78, 5) is 88.6. The number of aliphatic carboxylic acids is 1. The fraction of sp³-hybridized carbons (Fsp3) is 0.393. The quantitative estimate of drug-likeness (QED) is 0.175. The normalized spacial score (nSPS) is 20.1. The summed E-state index contributed by atoms with van der Waals surface area (Å²) in [5, 5.41) is 14.5. The van der Waals surface area contributed by atoms with Gasteiger partial charge in [0.1, 0.15) is 12.1 Å². The molecule has 230 valence electrons. The zero-order chi connectivity index (χ0) is 31.5. The Kier molecular flexibility index (Phi) is 11.4. The SMILES string of the molecule is C=C/C=C\C(C(=O)OCC(=O)[C@H](CC(=O)O)NC(=O)[C@@H]1CCCN2C(=O)CCN(NC(=O)OC)C(=O)N12)=C1\C=CC=CC1. The van der Waals surface area contributed by atoms with Crippen LogP contribution in [0.15, 0.2) is 60.3 Å². The number of hydrogen-bond acceptors (Lipinski definition) is 9. The van der Waals surface area contributed by atoms with E-state index >= 15 is 0 Å². The van der Waals surface area contributed by atoms with E-state index in [-0.39, 0.29) is 31.5 Å². The highest BCUT2D eigenvalue weighted by molar-refractivity contribution is 5.98. The molecule has 15 nitrogen and oxygen atoms in total. The highest BCUT2D eigenvalue weighted by Gasteiger charge is 2.44. The first kappa shape index (κ1) is 32.3. The minimum atomic E-state index is -1.62. The standard InChI is InChI=1S/C28H33N5O10/c1-3-4-11-19(18-9-6-5-7-10-18)26(39)43-17-22(34)20(16-24(36)37)29-25(38)21-12-8-14-32-23(35)13-15-31(28(41)33(21)32)30-27(40)42-2/h3-7,9,11,20-21H,1,8,10,12-17H2,2H3,(H,29,38)(H,30,40)(H,36,37)/b11-4-,19-18+/t20-,21-/m0/s1. The lowest BCUT2D eigenvalue weighted by Gasteiger charge is -2.42. The molecule has 2 heterocycles. The molecule has 3 aliphatic rings. The van der Waals surface area contributed by atoms with Gasteiger partial charge in [0.2, 0.25) is 11.8 Å². The topological polar surface area (TPSA) is 192 Å². The number of hydrogen-bond donors (Lipinski definition) is 3. The number of hydrazine groups is 2. The molecule has 0 spiro atoms. The van der Waals surface area contributed by atoms with Crippen LogP contribution in [-0.4, -0.2) is 101 Å². The van der Waals surface area contributed by atoms with Gasteiger partial charge in [-0.1, -0.05) is 43.0 Å². The first-order chi connectivity index (χ1) is 20.6. The van der Waals surface area contributed by atoms with Crippen LogP contribution < -0.4 is 10.7 Å². The van der Waals surface area contributed by atoms with E-state index in [0.29, 0.717) is 18.4 Å². The number of carbonyl (C=O) groups is 7. The molecule has 0 saturated carbocycles. The Balaban J connectivity index is 1.76. The Morgan fingerprint density at radius 3 is 2.60 bits per heavy atom. The number of Topliss-reactive ketones (excluding diaryl/α,β-unsaturated/α-hetero) is 1. The average molecular weight is 600 g/mol. The van der Waals surface area contributed by atoms with E-state index in [1.54, 1.807) is 18.2 Å². The van der Waals surface area contributed by atoms with Crippen LogP contribution in [0.2, 0.25) is 0 Å². The van der Waals surface area contributed by atoms with Gasteiger partial charge in [0, 0.05) is 13.0 Å². The molecule has 0 aromatic heterocycles. The largest absolute Gasteiger partial charge is 0.481 e. The van der Waals surface area contributed by atoms with Crippen LogP contribution in [0.1, 0.15) is 32.1 Å². The molecule has 0 aromatic carbocycles. The molecule has 0 unspecified atom stereocenters. The third-order valence-electron chi connectivity index (χ3n) is 6.66. The van der Waals surface area contributed by atoms with Crippen molar-refractivity contribution in [2.75, 3.05) is 26.8 Å². The number of nitrogens with zero attached hydrogens (tertiary/aromatic N) is 3. The number of carboxylic acids is 1. The lowest BCUT2D eigenvalue weighted by Crippen LogP contribution is -2.65. The van der Waals surface area contributed by atoms with Gasteiger partial charge in [0.15, 0.2) is 12.4 Å². The van der Waals surface area contributed by atoms with Crippen molar-refractivity contribution in [1.82, 2.24) is 25.8 Å². The number of ether oxygens (including phenoxy) is 2. The van der Waals surface area contributed by atoms with Crippen molar-refractivity contribution in [2.45, 2.75) is 44.2 Å². The molecule has 0 radical (unpaired) electrons. The zero-order valence-electron chi connectivity index (χ0n) is 23.5. The summed E-state index contributed by atoms with van der Waals surface area (Å²) in [5.74, 6) is -4.55. The van der Waals surface area contributed by atoms with Gasteiger partial charge in [0.05, 0.1) is 25.6 Å². The first-order valence-electron chi connectivity index (χ1n) is 13.4. The monoisotopic (exact) mass is 599 g/mol. The summed E-state index contributed by atoms with van der Waals surface area (Å²) >= 11 is 0. The molecule has 2 aliphatic heterocycles. The van der Waals surface area contributed by atoms with Gasteiger partial charge >= 0.3 is 24.1 Å². The third kappa shape index (κ3) is 8.40. The maximum atomic E-state index is 13.4. The second kappa shape index (κ2) is 15.1. The minimum absolute atomic E-state index is 0.0743. The molecule has 5 amide bonds. The molecule has 0 bridgehead atoms. The van der Waals surface area contributed by atoms with E-state index in [0.717, 1.165) is 22.1 Å². The van der Waals surface area contributed by atoms with Gasteiger partial charge in [0.25, 0.3) is 0 Å². The van der Waals surface area contributed by atoms with Crippen LogP contribution in [0.4, 0.5) is 9.59 Å². The molecule has 2 fully saturated rings. The van der Waals surface area contributed by atoms with Crippen molar-refractivity contribution in [2.24, 2.45) is 0 Å². The number of esters is 1. The molecule has 0 aromatic rings. The molecule has 2 saturated heterocycles. The molecule has 1 aliphatic carbocycles. The van der Waals surface area contributed by atoms with E-state index in [1.165, 1.54) is 18.2 Å². The van der Waals surface area contributed by atoms with Gasteiger partial charge in [-0.25, -0.2) is 34.8 Å². The molecular weight excluding hydrogens is 566 g/mol. The summed E-state index contributed by atoms with van der Waals surface area (Å²) in [7, 11) is 1.09. The Labute approximate surface area is 247 Å². The van der Waals surface area contributed by atoms with Crippen molar-refractivity contribution in [3.05, 3.63) is 60.3 Å². The highest BCUT2D eigenvalue weighted by Crippen LogP contribution is 2.24. The number of rotatable bonds is 11. The van der Waals surface area contributed by atoms with Gasteiger partial charge in [-0.2, -0.15) is 0 Å². The number of nitrogens with one attached hydrogen (secondary N) is 2. The summed E-state index contributed by atoms with van der Waals surface area (Å²) in [6.45, 7) is 2.66. The Morgan fingerprint density at radius 2 is 1.95 bits per heavy atom. The number of urea groups is 1. The van der Waals surface area contributed by atoms with E-state index in [2.05, 4.69) is 22.1 Å². The summed E-state index contributed by atoms with van der Waals surface area (Å²) in [5.41, 5.74) is 3.00. The van der Waals surface area contributed by atoms with Crippen molar-refractivity contribution in [1.29, 1.82) is 0 Å². The van der Waals surface area contributed by atoms with Crippen molar-refractivity contribution < 1.29 is 48.1 Å². The highest BCUT2D eigenvalue weighted by atomic mass is 16.5. The Hall–Kier alpha value is -5.21. The predicted octanol–water partition coefficient (Wildman–Crippen LogP) is 0.918. The molecule has 15 heteroatoms. The van der Waals surface area contributed by atoms with E-state index in [4.69, 9.17) is 4.74 Å². The number of carbonyl (C=O) groups excluding carboxylic acids is 6. The molecule has 3 N–H and O–H groups in total. The Bertz CT molecular complexity index is 1300. The third-order valence-corrected chi connectivity index (χ3v) is 6.66. The average Bonchev–Trinajstić information content (AvgIpc) is 3.11. The lowest BCUT2D eigenvalue weighted by molar-refractivity contribution is -0.155. The van der Waals surface area contributed by atoms with E-state index in [1.807, 2.05) is 6.08 Å². The predicted molar refractivity (Wildman–Crippen MR) is 148 cm³/mol. The number of amides is 5. The van der Waals surface area contributed by atoms with Crippen LogP contribution in [-0.2, 0) is 33.4 Å². The maximum absolute atomic E-state index is 13.4.